The fourth-order valence-electron chi connectivity index (χ4n) is 3.07. The first-order valence-corrected chi connectivity index (χ1v) is 6.63. The van der Waals surface area contributed by atoms with Gasteiger partial charge in [0.25, 0.3) is 0 Å². The van der Waals surface area contributed by atoms with E-state index < -0.39 is 0 Å². The predicted octanol–water partition coefficient (Wildman–Crippen LogP) is 3.35. The zero-order valence-electron chi connectivity index (χ0n) is 10.6. The summed E-state index contributed by atoms with van der Waals surface area (Å²) >= 11 is 0. The fourth-order valence-corrected chi connectivity index (χ4v) is 3.07. The van der Waals surface area contributed by atoms with Crippen LogP contribution < -0.4 is 10.7 Å². The standard InChI is InChI=1S/C18H9N2/c1-3-7-13-11(5-1)17-15(19-13)9-10-16-18(17)12-6-2-4-8-14(12)20-16/h1-7,9-10H. The maximum Gasteiger partial charge on any atom is 0.0795 e. The van der Waals surface area contributed by atoms with E-state index in [1.54, 1.807) is 0 Å². The van der Waals surface area contributed by atoms with Crippen LogP contribution >= 0.6 is 0 Å². The lowest BCUT2D eigenvalue weighted by Crippen LogP contribution is -2.11. The Morgan fingerprint density at radius 1 is 0.700 bits per heavy atom. The lowest BCUT2D eigenvalue weighted by molar-refractivity contribution is 1.37. The predicted molar refractivity (Wildman–Crippen MR) is 77.8 cm³/mol. The van der Waals surface area contributed by atoms with E-state index in [1.165, 1.54) is 16.7 Å². The smallest absolute Gasteiger partial charge is 0.0795 e. The van der Waals surface area contributed by atoms with Crippen molar-refractivity contribution in [3.05, 3.63) is 71.4 Å². The van der Waals surface area contributed by atoms with Crippen LogP contribution in [0.5, 0.6) is 0 Å². The van der Waals surface area contributed by atoms with E-state index in [9.17, 15) is 0 Å². The molecule has 2 nitrogen and oxygen atoms in total. The first kappa shape index (κ1) is 10.1. The molecule has 3 aromatic carbocycles. The monoisotopic (exact) mass is 253 g/mol. The molecular weight excluding hydrogens is 244 g/mol. The van der Waals surface area contributed by atoms with Crippen molar-refractivity contribution in [2.75, 3.05) is 0 Å². The molecule has 91 valence electrons. The minimum absolute atomic E-state index is 0.931. The number of rotatable bonds is 0. The van der Waals surface area contributed by atoms with E-state index in [0.717, 1.165) is 27.7 Å². The SMILES string of the molecule is [c]1cccc2c1N=c1ccc3c(c1-2)-c1ccccc1N=3. The Balaban J connectivity index is 1.98. The average molecular weight is 253 g/mol. The van der Waals surface area contributed by atoms with Crippen LogP contribution in [0.4, 0.5) is 11.4 Å². The van der Waals surface area contributed by atoms with Gasteiger partial charge in [-0.05, 0) is 18.2 Å². The van der Waals surface area contributed by atoms with Gasteiger partial charge in [-0.15, -0.1) is 0 Å². The van der Waals surface area contributed by atoms with Crippen molar-refractivity contribution in [2.24, 2.45) is 9.98 Å². The maximum atomic E-state index is 4.71. The van der Waals surface area contributed by atoms with E-state index in [4.69, 9.17) is 4.99 Å². The molecule has 0 fully saturated rings. The number of nitrogens with zero attached hydrogens (tertiary/aromatic N) is 2. The van der Waals surface area contributed by atoms with Crippen molar-refractivity contribution in [3.63, 3.8) is 0 Å². The van der Waals surface area contributed by atoms with Crippen molar-refractivity contribution in [2.45, 2.75) is 0 Å². The van der Waals surface area contributed by atoms with E-state index in [1.807, 2.05) is 18.2 Å². The third kappa shape index (κ3) is 1.14. The summed E-state index contributed by atoms with van der Waals surface area (Å²) in [6.07, 6.45) is 0. The molecule has 0 spiro atoms. The van der Waals surface area contributed by atoms with Crippen LogP contribution in [-0.2, 0) is 0 Å². The molecule has 0 N–H and O–H groups in total. The highest BCUT2D eigenvalue weighted by molar-refractivity contribution is 5.94. The second-order valence-electron chi connectivity index (χ2n) is 5.03. The number of benzene rings is 3. The van der Waals surface area contributed by atoms with Gasteiger partial charge in [-0.25, -0.2) is 9.98 Å². The fraction of sp³-hybridized carbons (Fsp3) is 0. The Labute approximate surface area is 115 Å². The first-order chi connectivity index (χ1) is 9.92. The lowest BCUT2D eigenvalue weighted by Gasteiger charge is -2.05. The molecule has 0 aliphatic carbocycles. The minimum atomic E-state index is 0.931. The van der Waals surface area contributed by atoms with Gasteiger partial charge in [0.15, 0.2) is 0 Å². The van der Waals surface area contributed by atoms with Crippen LogP contribution in [0, 0.1) is 6.07 Å². The third-order valence-electron chi connectivity index (χ3n) is 3.91. The highest BCUT2D eigenvalue weighted by Gasteiger charge is 2.23. The van der Waals surface area contributed by atoms with Crippen molar-refractivity contribution >= 4 is 11.4 Å². The summed E-state index contributed by atoms with van der Waals surface area (Å²) < 4.78 is 0. The van der Waals surface area contributed by atoms with Gasteiger partial charge in [-0.1, -0.05) is 36.4 Å². The van der Waals surface area contributed by atoms with Gasteiger partial charge >= 0.3 is 0 Å². The Bertz CT molecular complexity index is 918. The van der Waals surface area contributed by atoms with Crippen LogP contribution in [0.3, 0.4) is 0 Å². The van der Waals surface area contributed by atoms with Crippen molar-refractivity contribution < 1.29 is 0 Å². The Kier molecular flexibility index (Phi) is 1.73. The molecule has 0 saturated heterocycles. The van der Waals surface area contributed by atoms with Crippen LogP contribution in [0.25, 0.3) is 22.3 Å². The van der Waals surface area contributed by atoms with E-state index in [2.05, 4.69) is 47.5 Å². The molecule has 20 heavy (non-hydrogen) atoms. The van der Waals surface area contributed by atoms with Gasteiger partial charge in [0.1, 0.15) is 0 Å². The average Bonchev–Trinajstić information content (AvgIpc) is 3.04. The van der Waals surface area contributed by atoms with Crippen LogP contribution in [0.2, 0.25) is 0 Å². The molecule has 0 atom stereocenters. The quantitative estimate of drug-likeness (QED) is 0.404. The highest BCUT2D eigenvalue weighted by atomic mass is 14.8. The number of hydrogen-bond donors (Lipinski definition) is 0. The number of fused-ring (bicyclic) bond motifs is 7. The Morgan fingerprint density at radius 2 is 1.45 bits per heavy atom. The summed E-state index contributed by atoms with van der Waals surface area (Å²) in [6.45, 7) is 0. The van der Waals surface area contributed by atoms with Crippen LogP contribution in [0.1, 0.15) is 0 Å². The van der Waals surface area contributed by atoms with Gasteiger partial charge < -0.3 is 0 Å². The molecule has 0 bridgehead atoms. The third-order valence-corrected chi connectivity index (χ3v) is 3.91. The minimum Gasteiger partial charge on any atom is -0.248 e. The second kappa shape index (κ2) is 3.42. The van der Waals surface area contributed by atoms with Gasteiger partial charge in [0, 0.05) is 28.3 Å². The van der Waals surface area contributed by atoms with Crippen molar-refractivity contribution in [1.82, 2.24) is 0 Å². The molecule has 0 unspecified atom stereocenters. The van der Waals surface area contributed by atoms with Crippen molar-refractivity contribution in [1.29, 1.82) is 0 Å². The normalized spacial score (nSPS) is 12.8. The van der Waals surface area contributed by atoms with Crippen LogP contribution in [0.15, 0.2) is 64.6 Å². The molecular formula is C18H9N2. The topological polar surface area (TPSA) is 24.7 Å². The van der Waals surface area contributed by atoms with E-state index >= 15 is 0 Å². The zero-order valence-corrected chi connectivity index (χ0v) is 10.6. The number of para-hydroxylation sites is 2. The van der Waals surface area contributed by atoms with Gasteiger partial charge in [0.2, 0.25) is 0 Å². The second-order valence-corrected chi connectivity index (χ2v) is 5.03. The summed E-state index contributed by atoms with van der Waals surface area (Å²) in [4.78, 5) is 9.38. The Hall–Kier alpha value is -2.74. The van der Waals surface area contributed by atoms with Gasteiger partial charge in [-0.3, -0.25) is 0 Å². The molecule has 0 amide bonds. The van der Waals surface area contributed by atoms with Gasteiger partial charge in [-0.2, -0.15) is 0 Å². The summed E-state index contributed by atoms with van der Waals surface area (Å²) in [6, 6.07) is 21.7. The highest BCUT2D eigenvalue weighted by Crippen LogP contribution is 2.41. The first-order valence-electron chi connectivity index (χ1n) is 6.63. The molecule has 0 saturated carbocycles. The summed E-state index contributed by atoms with van der Waals surface area (Å²) in [5, 5.41) is 2.06. The lowest BCUT2D eigenvalue weighted by atomic mass is 9.95. The molecule has 0 aromatic heterocycles. The molecule has 2 heterocycles. The molecule has 2 aliphatic heterocycles. The molecule has 2 heteroatoms. The molecule has 2 aliphatic rings. The molecule has 3 aromatic rings. The van der Waals surface area contributed by atoms with Crippen LogP contribution in [-0.4, -0.2) is 0 Å². The summed E-state index contributed by atoms with van der Waals surface area (Å²) in [7, 11) is 0. The largest absolute Gasteiger partial charge is 0.248 e. The summed E-state index contributed by atoms with van der Waals surface area (Å²) in [5.41, 5.74) is 6.74. The Morgan fingerprint density at radius 3 is 2.40 bits per heavy atom. The van der Waals surface area contributed by atoms with Crippen molar-refractivity contribution in [3.8, 4) is 22.3 Å². The summed E-state index contributed by atoms with van der Waals surface area (Å²) in [5.74, 6) is 0. The zero-order chi connectivity index (χ0) is 13.1. The molecule has 5 rings (SSSR count). The molecule has 1 radical (unpaired) electrons. The maximum absolute atomic E-state index is 4.71. The van der Waals surface area contributed by atoms with E-state index in [-0.39, 0.29) is 0 Å². The van der Waals surface area contributed by atoms with Gasteiger partial charge in [0.05, 0.1) is 22.1 Å². The number of hydrogen-bond acceptors (Lipinski definition) is 2. The van der Waals surface area contributed by atoms with E-state index in [0.29, 0.717) is 0 Å².